The van der Waals surface area contributed by atoms with Crippen molar-refractivity contribution in [3.8, 4) is 0 Å². The Hall–Kier alpha value is -3.88. The molecule has 4 rings (SSSR count). The Balaban J connectivity index is 0.000000239. The van der Waals surface area contributed by atoms with Gasteiger partial charge in [-0.25, -0.2) is 18.6 Å². The van der Waals surface area contributed by atoms with E-state index in [1.165, 1.54) is 18.5 Å². The first-order chi connectivity index (χ1) is 14.3. The molecule has 0 spiro atoms. The van der Waals surface area contributed by atoms with Crippen molar-refractivity contribution >= 4 is 18.2 Å². The van der Waals surface area contributed by atoms with Crippen molar-refractivity contribution < 1.29 is 23.5 Å². The molecule has 7 nitrogen and oxygen atoms in total. The summed E-state index contributed by atoms with van der Waals surface area (Å²) in [6.07, 6.45) is 6.63. The summed E-state index contributed by atoms with van der Waals surface area (Å²) in [6, 6.07) is 6.91. The van der Waals surface area contributed by atoms with Crippen molar-refractivity contribution in [1.82, 2.24) is 9.88 Å². The van der Waals surface area contributed by atoms with Crippen LogP contribution >= 0.6 is 0 Å². The average Bonchev–Trinajstić information content (AvgIpc) is 3.16. The maximum atomic E-state index is 13.2. The van der Waals surface area contributed by atoms with E-state index in [1.807, 2.05) is 4.90 Å². The van der Waals surface area contributed by atoms with E-state index >= 15 is 0 Å². The third-order valence-corrected chi connectivity index (χ3v) is 4.44. The molecule has 2 aliphatic rings. The molecule has 1 aliphatic carbocycles. The number of pyridine rings is 1. The maximum absolute atomic E-state index is 13.2. The molecule has 0 unspecified atom stereocenters. The lowest BCUT2D eigenvalue weighted by Gasteiger charge is -2.23. The van der Waals surface area contributed by atoms with Crippen LogP contribution in [0.5, 0.6) is 0 Å². The van der Waals surface area contributed by atoms with Gasteiger partial charge in [-0.05, 0) is 41.5 Å². The zero-order valence-electron chi connectivity index (χ0n) is 15.8. The molecular formula is C21H18F2N4O3. The highest BCUT2D eigenvalue weighted by Crippen LogP contribution is 2.29. The Labute approximate surface area is 170 Å². The van der Waals surface area contributed by atoms with Crippen LogP contribution in [-0.4, -0.2) is 39.8 Å². The Morgan fingerprint density at radius 1 is 1.13 bits per heavy atom. The summed E-state index contributed by atoms with van der Waals surface area (Å²) in [5.74, 6) is -3.11. The number of nitrogens with zero attached hydrogens (tertiary/aromatic N) is 3. The molecule has 2 aromatic rings. The van der Waals surface area contributed by atoms with Gasteiger partial charge in [0.1, 0.15) is 0 Å². The first-order valence-corrected chi connectivity index (χ1v) is 8.91. The molecule has 0 bridgehead atoms. The minimum absolute atomic E-state index is 0.326. The van der Waals surface area contributed by atoms with Gasteiger partial charge >= 0.3 is 5.97 Å². The molecule has 0 radical (unpaired) electrons. The van der Waals surface area contributed by atoms with Gasteiger partial charge in [0.15, 0.2) is 11.6 Å². The predicted octanol–water partition coefficient (Wildman–Crippen LogP) is 2.66. The Morgan fingerprint density at radius 2 is 1.87 bits per heavy atom. The van der Waals surface area contributed by atoms with Crippen molar-refractivity contribution in [2.45, 2.75) is 13.0 Å². The van der Waals surface area contributed by atoms with Crippen LogP contribution in [0.3, 0.4) is 0 Å². The quantitative estimate of drug-likeness (QED) is 0.803. The number of aliphatic imine (C=N–C) groups is 1. The third-order valence-electron chi connectivity index (χ3n) is 4.44. The summed E-state index contributed by atoms with van der Waals surface area (Å²) in [5.41, 5.74) is 8.01. The summed E-state index contributed by atoms with van der Waals surface area (Å²) >= 11 is 0. The fourth-order valence-corrected chi connectivity index (χ4v) is 2.94. The van der Waals surface area contributed by atoms with Crippen LogP contribution in [0.15, 0.2) is 70.6 Å². The first kappa shape index (κ1) is 20.8. The third kappa shape index (κ3) is 5.13. The van der Waals surface area contributed by atoms with E-state index in [9.17, 15) is 18.4 Å². The number of allylic oxidation sites excluding steroid dienone is 1. The van der Waals surface area contributed by atoms with Gasteiger partial charge in [-0.15, -0.1) is 0 Å². The van der Waals surface area contributed by atoms with Crippen molar-refractivity contribution in [2.75, 3.05) is 6.54 Å². The molecule has 3 N–H and O–H groups in total. The normalized spacial score (nSPS) is 14.6. The summed E-state index contributed by atoms with van der Waals surface area (Å²) < 4.78 is 26.1. The van der Waals surface area contributed by atoms with Crippen molar-refractivity contribution in [2.24, 2.45) is 10.7 Å². The predicted molar refractivity (Wildman–Crippen MR) is 105 cm³/mol. The lowest BCUT2D eigenvalue weighted by Crippen LogP contribution is -2.26. The molecule has 2 heterocycles. The number of aliphatic carboxylic acids is 1. The lowest BCUT2D eigenvalue weighted by atomic mass is 10.1. The summed E-state index contributed by atoms with van der Waals surface area (Å²) in [6.45, 7) is 0.891. The monoisotopic (exact) mass is 412 g/mol. The van der Waals surface area contributed by atoms with Crippen LogP contribution < -0.4 is 5.73 Å². The van der Waals surface area contributed by atoms with E-state index in [2.05, 4.69) is 9.98 Å². The number of hydrogen-bond donors (Lipinski definition) is 2. The van der Waals surface area contributed by atoms with Crippen LogP contribution in [-0.2, 0) is 11.3 Å². The Morgan fingerprint density at radius 3 is 2.47 bits per heavy atom. The van der Waals surface area contributed by atoms with Gasteiger partial charge < -0.3 is 15.7 Å². The number of carbonyl (C=O) groups is 2. The molecule has 0 saturated carbocycles. The number of benzene rings is 1. The summed E-state index contributed by atoms with van der Waals surface area (Å²) in [5, 5.41) is 8.98. The largest absolute Gasteiger partial charge is 0.478 e. The molecular weight excluding hydrogens is 394 g/mol. The smallest absolute Gasteiger partial charge is 0.331 e. The second kappa shape index (κ2) is 9.08. The molecule has 0 fully saturated rings. The van der Waals surface area contributed by atoms with E-state index in [1.54, 1.807) is 24.5 Å². The number of amides is 1. The summed E-state index contributed by atoms with van der Waals surface area (Å²) in [4.78, 5) is 31.1. The number of carboxylic acids is 1. The number of halogens is 2. The van der Waals surface area contributed by atoms with E-state index in [0.717, 1.165) is 23.4 Å². The van der Waals surface area contributed by atoms with E-state index in [0.29, 0.717) is 36.2 Å². The zero-order valence-corrected chi connectivity index (χ0v) is 15.8. The molecule has 0 atom stereocenters. The minimum atomic E-state index is -0.938. The van der Waals surface area contributed by atoms with Crippen molar-refractivity contribution in [1.29, 1.82) is 0 Å². The number of carbonyl (C=O) groups excluding carboxylic acids is 1. The van der Waals surface area contributed by atoms with Crippen molar-refractivity contribution in [3.63, 3.8) is 0 Å². The molecule has 1 aromatic heterocycles. The first-order valence-electron chi connectivity index (χ1n) is 8.91. The van der Waals surface area contributed by atoms with Gasteiger partial charge in [-0.1, -0.05) is 6.07 Å². The average molecular weight is 412 g/mol. The van der Waals surface area contributed by atoms with E-state index < -0.39 is 23.5 Å². The highest BCUT2D eigenvalue weighted by molar-refractivity contribution is 5.92. The standard InChI is InChI=1S/C15H12F2N2O2.C6H6N2O/c16-12-2-1-9(3-13(12)17)6-19-7-11-4-10(15(20)21)5-14(11)18-8-19;7-6(9)5-1-3-8-4-2-5/h1-4,8H,5-7H2,(H,20,21);1-4H,(H2,7,9). The summed E-state index contributed by atoms with van der Waals surface area (Å²) in [7, 11) is 0. The maximum Gasteiger partial charge on any atom is 0.331 e. The number of rotatable bonds is 4. The molecule has 1 amide bonds. The molecule has 1 aromatic carbocycles. The van der Waals surface area contributed by atoms with E-state index in [4.69, 9.17) is 10.8 Å². The number of carboxylic acid groups (broad SMARTS) is 1. The SMILES string of the molecule is NC(=O)c1ccncc1.O=C(O)C1=CC2=C(C1)N=CN(Cc1ccc(F)c(F)c1)C2. The minimum Gasteiger partial charge on any atom is -0.478 e. The van der Waals surface area contributed by atoms with Crippen molar-refractivity contribution in [3.05, 3.63) is 88.4 Å². The van der Waals surface area contributed by atoms with Gasteiger partial charge in [-0.3, -0.25) is 9.78 Å². The molecule has 154 valence electrons. The highest BCUT2D eigenvalue weighted by atomic mass is 19.2. The van der Waals surface area contributed by atoms with Gasteiger partial charge in [0.05, 0.1) is 12.0 Å². The lowest BCUT2D eigenvalue weighted by molar-refractivity contribution is -0.132. The fourth-order valence-electron chi connectivity index (χ4n) is 2.94. The second-order valence-electron chi connectivity index (χ2n) is 6.62. The number of nitrogens with two attached hydrogens (primary N) is 1. The fraction of sp³-hybridized carbons (Fsp3) is 0.143. The van der Waals surface area contributed by atoms with E-state index in [-0.39, 0.29) is 0 Å². The zero-order chi connectivity index (χ0) is 21.7. The van der Waals surface area contributed by atoms with Gasteiger partial charge in [-0.2, -0.15) is 0 Å². The highest BCUT2D eigenvalue weighted by Gasteiger charge is 2.23. The Kier molecular flexibility index (Phi) is 6.31. The number of primary amides is 1. The van der Waals surface area contributed by atoms with Crippen LogP contribution in [0.1, 0.15) is 22.3 Å². The number of hydrogen-bond acceptors (Lipinski definition) is 5. The topological polar surface area (TPSA) is 109 Å². The van der Waals surface area contributed by atoms with Crippen LogP contribution in [0.4, 0.5) is 8.78 Å². The molecule has 30 heavy (non-hydrogen) atoms. The van der Waals surface area contributed by atoms with Gasteiger partial charge in [0.25, 0.3) is 0 Å². The molecule has 9 heteroatoms. The van der Waals surface area contributed by atoms with Gasteiger partial charge in [0.2, 0.25) is 5.91 Å². The molecule has 1 aliphatic heterocycles. The van der Waals surface area contributed by atoms with Crippen LogP contribution in [0, 0.1) is 11.6 Å². The number of aromatic nitrogens is 1. The Bertz CT molecular complexity index is 1070. The van der Waals surface area contributed by atoms with Gasteiger partial charge in [0, 0.05) is 43.0 Å². The molecule has 0 saturated heterocycles. The second-order valence-corrected chi connectivity index (χ2v) is 6.62. The van der Waals surface area contributed by atoms with Crippen LogP contribution in [0.2, 0.25) is 0 Å². The van der Waals surface area contributed by atoms with Crippen LogP contribution in [0.25, 0.3) is 0 Å².